The van der Waals surface area contributed by atoms with Gasteiger partial charge >= 0.3 is 58.5 Å². The van der Waals surface area contributed by atoms with Crippen LogP contribution in [0, 0.1) is 5.41 Å². The van der Waals surface area contributed by atoms with E-state index < -0.39 is 75.9 Å². The molecule has 4 fully saturated rings. The average Bonchev–Trinajstić information content (AvgIpc) is 2.61. The van der Waals surface area contributed by atoms with Crippen molar-refractivity contribution in [2.75, 3.05) is 11.9 Å². The normalized spacial score (nSPS) is 46.6. The van der Waals surface area contributed by atoms with Crippen LogP contribution < -0.4 is 0 Å². The highest BCUT2D eigenvalue weighted by atomic mass is 79.9. The predicted octanol–water partition coefficient (Wildman–Crippen LogP) is 4.89. The lowest BCUT2D eigenvalue weighted by molar-refractivity contribution is -0.613. The smallest absolute Gasteiger partial charge is 0.339 e. The molecule has 18 heteroatoms. The standard InChI is InChI=1S/C13H4BrF15O2/c14-1-3(30)31-2-4-8(18,19)5(15)11(24,25)6(16,9(4,20)21)13(28,29)7(17,10(4,22)23)12(5,26)27/h1-2H2. The highest BCUT2D eigenvalue weighted by Crippen LogP contribution is 2.90. The van der Waals surface area contributed by atoms with Crippen LogP contribution in [0.5, 0.6) is 0 Å². The van der Waals surface area contributed by atoms with Gasteiger partial charge in [0.15, 0.2) is 0 Å². The Morgan fingerprint density at radius 3 is 1.03 bits per heavy atom. The van der Waals surface area contributed by atoms with Gasteiger partial charge in [0.05, 0.1) is 0 Å². The molecule has 0 radical (unpaired) electrons. The van der Waals surface area contributed by atoms with Crippen LogP contribution in [0.15, 0.2) is 0 Å². The lowest BCUT2D eigenvalue weighted by Crippen LogP contribution is -3.08. The maximum Gasteiger partial charge on any atom is 0.339 e. The second-order valence-electron chi connectivity index (χ2n) is 7.12. The van der Waals surface area contributed by atoms with E-state index in [1.807, 2.05) is 0 Å². The third-order valence-corrected chi connectivity index (χ3v) is 6.52. The van der Waals surface area contributed by atoms with Gasteiger partial charge in [-0.3, -0.25) is 4.79 Å². The number of carbonyl (C=O) groups excluding carboxylic acids is 1. The maximum absolute atomic E-state index is 14.7. The van der Waals surface area contributed by atoms with Gasteiger partial charge in [0.2, 0.25) is 5.41 Å². The molecule has 0 atom stereocenters. The van der Waals surface area contributed by atoms with Crippen molar-refractivity contribution in [3.63, 3.8) is 0 Å². The minimum absolute atomic E-state index is 1.21. The van der Waals surface area contributed by atoms with E-state index in [2.05, 4.69) is 20.7 Å². The zero-order valence-corrected chi connectivity index (χ0v) is 15.4. The van der Waals surface area contributed by atoms with Crippen molar-refractivity contribution in [1.29, 1.82) is 0 Å². The Balaban J connectivity index is 2.60. The first-order valence-electron chi connectivity index (χ1n) is 7.51. The molecule has 0 aromatic carbocycles. The number of ether oxygens (including phenoxy) is 1. The quantitative estimate of drug-likeness (QED) is 0.281. The molecule has 0 aliphatic heterocycles. The van der Waals surface area contributed by atoms with Crippen molar-refractivity contribution in [2.45, 2.75) is 52.5 Å². The van der Waals surface area contributed by atoms with Gasteiger partial charge in [0, 0.05) is 0 Å². The average molecular weight is 557 g/mol. The third-order valence-electron chi connectivity index (χ3n) is 6.06. The van der Waals surface area contributed by atoms with Gasteiger partial charge in [-0.2, -0.15) is 26.3 Å². The van der Waals surface area contributed by atoms with E-state index in [0.29, 0.717) is 0 Å². The number of hydrogen-bond acceptors (Lipinski definition) is 2. The molecule has 4 bridgehead atoms. The Morgan fingerprint density at radius 2 is 0.806 bits per heavy atom. The molecular weight excluding hydrogens is 553 g/mol. The summed E-state index contributed by atoms with van der Waals surface area (Å²) in [5.74, 6) is -48.2. The number of esters is 1. The van der Waals surface area contributed by atoms with Gasteiger partial charge in [0.1, 0.15) is 11.9 Å². The van der Waals surface area contributed by atoms with E-state index in [1.165, 1.54) is 0 Å². The maximum atomic E-state index is 14.7. The summed E-state index contributed by atoms with van der Waals surface area (Å²) >= 11 is 2.18. The Morgan fingerprint density at radius 1 is 0.548 bits per heavy atom. The summed E-state index contributed by atoms with van der Waals surface area (Å²) in [5.41, 5.74) is -29.7. The Labute approximate surface area is 168 Å². The fourth-order valence-electron chi connectivity index (χ4n) is 4.46. The van der Waals surface area contributed by atoms with E-state index in [1.54, 1.807) is 0 Å². The van der Waals surface area contributed by atoms with Gasteiger partial charge in [0.25, 0.3) is 0 Å². The van der Waals surface area contributed by atoms with Crippen molar-refractivity contribution in [3.05, 3.63) is 0 Å². The SMILES string of the molecule is O=C(CBr)OCC12C(F)(F)C3(F)C(F)(F)C(F)(C(F)(F)C(F)(C3(F)F)C1(F)F)C2(F)F. The van der Waals surface area contributed by atoms with Crippen LogP contribution in [-0.2, 0) is 9.53 Å². The highest BCUT2D eigenvalue weighted by Gasteiger charge is 3.22. The summed E-state index contributed by atoms with van der Waals surface area (Å²) in [6.07, 6.45) is 0. The van der Waals surface area contributed by atoms with Gasteiger partial charge in [-0.1, -0.05) is 15.9 Å². The van der Waals surface area contributed by atoms with Crippen LogP contribution in [0.3, 0.4) is 0 Å². The van der Waals surface area contributed by atoms with E-state index in [9.17, 15) is 70.7 Å². The molecule has 4 aliphatic carbocycles. The second-order valence-corrected chi connectivity index (χ2v) is 7.68. The largest absolute Gasteiger partial charge is 0.464 e. The zero-order chi connectivity index (χ0) is 24.7. The first-order valence-corrected chi connectivity index (χ1v) is 8.63. The van der Waals surface area contributed by atoms with Crippen molar-refractivity contribution in [3.8, 4) is 0 Å². The van der Waals surface area contributed by atoms with Gasteiger partial charge < -0.3 is 4.74 Å². The molecular formula is C13H4BrF15O2. The fourth-order valence-corrected chi connectivity index (χ4v) is 4.62. The molecule has 4 saturated carbocycles. The number of halogens is 16. The van der Waals surface area contributed by atoms with Crippen LogP contribution in [0.2, 0.25) is 0 Å². The van der Waals surface area contributed by atoms with E-state index in [0.717, 1.165) is 0 Å². The summed E-state index contributed by atoms with van der Waals surface area (Å²) in [6.45, 7) is -3.49. The molecule has 4 rings (SSSR count). The third kappa shape index (κ3) is 1.58. The highest BCUT2D eigenvalue weighted by molar-refractivity contribution is 9.09. The molecule has 31 heavy (non-hydrogen) atoms. The van der Waals surface area contributed by atoms with Crippen molar-refractivity contribution >= 4 is 21.9 Å². The molecule has 0 amide bonds. The molecule has 0 unspecified atom stereocenters. The van der Waals surface area contributed by atoms with Gasteiger partial charge in [-0.05, 0) is 0 Å². The zero-order valence-electron chi connectivity index (χ0n) is 13.8. The second kappa shape index (κ2) is 5.34. The Bertz CT molecular complexity index is 741. The first kappa shape index (κ1) is 24.5. The van der Waals surface area contributed by atoms with Crippen LogP contribution >= 0.6 is 15.9 Å². The lowest BCUT2D eigenvalue weighted by atomic mass is 9.36. The minimum atomic E-state index is -7.84. The lowest BCUT2D eigenvalue weighted by Gasteiger charge is -2.75. The number of hydrogen-bond donors (Lipinski definition) is 0. The molecule has 0 saturated heterocycles. The molecule has 0 N–H and O–H groups in total. The van der Waals surface area contributed by atoms with E-state index in [4.69, 9.17) is 0 Å². The first-order chi connectivity index (χ1) is 13.5. The van der Waals surface area contributed by atoms with Crippen LogP contribution in [0.1, 0.15) is 0 Å². The number of rotatable bonds is 3. The monoisotopic (exact) mass is 556 g/mol. The van der Waals surface area contributed by atoms with Crippen LogP contribution in [0.25, 0.3) is 0 Å². The summed E-state index contributed by atoms with van der Waals surface area (Å²) in [4.78, 5) is 11.0. The van der Waals surface area contributed by atoms with Crippen molar-refractivity contribution in [2.24, 2.45) is 5.41 Å². The number of alkyl halides is 16. The van der Waals surface area contributed by atoms with E-state index >= 15 is 0 Å². The summed E-state index contributed by atoms with van der Waals surface area (Å²) in [5, 5.41) is -1.21. The topological polar surface area (TPSA) is 26.3 Å². The summed E-state index contributed by atoms with van der Waals surface area (Å²) < 4.78 is 220. The minimum Gasteiger partial charge on any atom is -0.464 e. The molecule has 2 nitrogen and oxygen atoms in total. The predicted molar refractivity (Wildman–Crippen MR) is 68.4 cm³/mol. The van der Waals surface area contributed by atoms with Crippen LogP contribution in [-0.4, -0.2) is 70.4 Å². The van der Waals surface area contributed by atoms with Crippen molar-refractivity contribution in [1.82, 2.24) is 0 Å². The van der Waals surface area contributed by atoms with Crippen LogP contribution in [0.4, 0.5) is 65.9 Å². The van der Waals surface area contributed by atoms with E-state index in [-0.39, 0.29) is 0 Å². The molecule has 180 valence electrons. The Hall–Kier alpha value is -1.10. The number of carbonyl (C=O) groups is 1. The molecule has 0 aromatic rings. The summed E-state index contributed by atoms with van der Waals surface area (Å²) in [7, 11) is 0. The Kier molecular flexibility index (Phi) is 4.23. The summed E-state index contributed by atoms with van der Waals surface area (Å²) in [6, 6.07) is 0. The van der Waals surface area contributed by atoms with Gasteiger partial charge in [-0.15, -0.1) is 0 Å². The fraction of sp³-hybridized carbons (Fsp3) is 0.923. The molecule has 0 heterocycles. The molecule has 0 spiro atoms. The van der Waals surface area contributed by atoms with Gasteiger partial charge in [-0.25, -0.2) is 39.5 Å². The van der Waals surface area contributed by atoms with Crippen molar-refractivity contribution < 1.29 is 75.4 Å². The molecule has 4 aliphatic rings. The molecule has 0 aromatic heterocycles.